The molecule has 1 N–H and O–H groups in total. The summed E-state index contributed by atoms with van der Waals surface area (Å²) in [6.07, 6.45) is 0. The number of fused-ring (bicyclic) bond motifs is 3. The normalized spacial score (nSPS) is 13.3. The molecule has 6 heteroatoms. The van der Waals surface area contributed by atoms with E-state index in [1.165, 1.54) is 5.56 Å². The molecule has 0 atom stereocenters. The highest BCUT2D eigenvalue weighted by atomic mass is 35.5. The predicted octanol–water partition coefficient (Wildman–Crippen LogP) is 3.53. The Kier molecular flexibility index (Phi) is 3.13. The zero-order chi connectivity index (χ0) is 16.1. The Morgan fingerprint density at radius 2 is 1.83 bits per heavy atom. The Balaban J connectivity index is 2.00. The first-order valence-electron chi connectivity index (χ1n) is 7.47. The van der Waals surface area contributed by atoms with Crippen molar-refractivity contribution < 1.29 is 0 Å². The molecule has 1 aromatic carbocycles. The van der Waals surface area contributed by atoms with Gasteiger partial charge in [-0.05, 0) is 38.5 Å². The highest BCUT2D eigenvalue weighted by Crippen LogP contribution is 2.29. The summed E-state index contributed by atoms with van der Waals surface area (Å²) in [4.78, 5) is 8.30. The lowest BCUT2D eigenvalue weighted by Gasteiger charge is -2.09. The molecule has 1 aliphatic rings. The maximum atomic E-state index is 6.03. The van der Waals surface area contributed by atoms with E-state index < -0.39 is 0 Å². The molecule has 116 valence electrons. The topological polar surface area (TPSA) is 58.9 Å². The lowest BCUT2D eigenvalue weighted by atomic mass is 10.00. The van der Waals surface area contributed by atoms with E-state index in [4.69, 9.17) is 16.6 Å². The fraction of sp³-hybridized carbons (Fsp3) is 0.235. The number of aromatic nitrogens is 4. The summed E-state index contributed by atoms with van der Waals surface area (Å²) in [6.45, 7) is 6.64. The molecule has 0 saturated carbocycles. The molecule has 3 heterocycles. The van der Waals surface area contributed by atoms with Gasteiger partial charge in [-0.1, -0.05) is 23.7 Å². The van der Waals surface area contributed by atoms with Gasteiger partial charge in [0.25, 0.3) is 0 Å². The van der Waals surface area contributed by atoms with Crippen LogP contribution in [0.15, 0.2) is 29.3 Å². The van der Waals surface area contributed by atoms with Gasteiger partial charge >= 0.3 is 0 Å². The molecule has 0 aliphatic carbocycles. The molecule has 0 spiro atoms. The quantitative estimate of drug-likeness (QED) is 0.744. The number of hydrogen-bond acceptors (Lipinski definition) is 3. The van der Waals surface area contributed by atoms with Gasteiger partial charge in [-0.2, -0.15) is 0 Å². The first-order valence-corrected chi connectivity index (χ1v) is 7.85. The predicted molar refractivity (Wildman–Crippen MR) is 90.7 cm³/mol. The number of aryl methyl sites for hydroxylation is 2. The van der Waals surface area contributed by atoms with E-state index in [1.807, 2.05) is 31.2 Å². The smallest absolute Gasteiger partial charge is 0.160 e. The van der Waals surface area contributed by atoms with Gasteiger partial charge in [0.1, 0.15) is 18.2 Å². The number of rotatable bonds is 1. The molecule has 0 amide bonds. The molecule has 2 aromatic heterocycles. The van der Waals surface area contributed by atoms with Crippen molar-refractivity contribution in [2.24, 2.45) is 4.99 Å². The van der Waals surface area contributed by atoms with Crippen LogP contribution < -0.4 is 0 Å². The van der Waals surface area contributed by atoms with Gasteiger partial charge in [-0.25, -0.2) is 0 Å². The number of hydrogen-bond donors (Lipinski definition) is 1. The van der Waals surface area contributed by atoms with Gasteiger partial charge in [0, 0.05) is 21.8 Å². The third kappa shape index (κ3) is 2.11. The molecule has 23 heavy (non-hydrogen) atoms. The maximum absolute atomic E-state index is 6.03. The number of halogens is 1. The summed E-state index contributed by atoms with van der Waals surface area (Å²) in [6, 6.07) is 7.80. The van der Waals surface area contributed by atoms with Crippen LogP contribution in [-0.2, 0) is 6.54 Å². The Labute approximate surface area is 139 Å². The second-order valence-corrected chi connectivity index (χ2v) is 6.21. The highest BCUT2D eigenvalue weighted by molar-refractivity contribution is 6.30. The van der Waals surface area contributed by atoms with E-state index in [-0.39, 0.29) is 0 Å². The van der Waals surface area contributed by atoms with Crippen LogP contribution in [-0.4, -0.2) is 25.5 Å². The summed E-state index contributed by atoms with van der Waals surface area (Å²) >= 11 is 6.03. The molecular formula is C17H16ClN5. The van der Waals surface area contributed by atoms with Crippen LogP contribution in [0.4, 0.5) is 0 Å². The molecule has 5 nitrogen and oxygen atoms in total. The van der Waals surface area contributed by atoms with Crippen molar-refractivity contribution in [1.29, 1.82) is 0 Å². The molecule has 3 aromatic rings. The van der Waals surface area contributed by atoms with E-state index in [0.29, 0.717) is 6.54 Å². The summed E-state index contributed by atoms with van der Waals surface area (Å²) in [5, 5.41) is 9.17. The third-order valence-electron chi connectivity index (χ3n) is 4.33. The van der Waals surface area contributed by atoms with Crippen molar-refractivity contribution in [2.45, 2.75) is 27.3 Å². The van der Waals surface area contributed by atoms with Crippen molar-refractivity contribution >= 4 is 17.3 Å². The fourth-order valence-corrected chi connectivity index (χ4v) is 3.15. The van der Waals surface area contributed by atoms with Crippen molar-refractivity contribution in [3.05, 3.63) is 63.3 Å². The van der Waals surface area contributed by atoms with Crippen LogP contribution >= 0.6 is 11.6 Å². The Hall–Kier alpha value is -2.40. The van der Waals surface area contributed by atoms with Crippen molar-refractivity contribution in [1.82, 2.24) is 19.7 Å². The number of H-pyrrole nitrogens is 1. The Morgan fingerprint density at radius 1 is 1.09 bits per heavy atom. The van der Waals surface area contributed by atoms with Crippen LogP contribution in [0, 0.1) is 20.8 Å². The average Bonchev–Trinajstić information content (AvgIpc) is 2.97. The Bertz CT molecular complexity index is 931. The molecule has 0 bridgehead atoms. The van der Waals surface area contributed by atoms with E-state index in [2.05, 4.69) is 33.6 Å². The lowest BCUT2D eigenvalue weighted by molar-refractivity contribution is 0.844. The van der Waals surface area contributed by atoms with Crippen molar-refractivity contribution in [3.63, 3.8) is 0 Å². The van der Waals surface area contributed by atoms with Crippen LogP contribution in [0.3, 0.4) is 0 Å². The summed E-state index contributed by atoms with van der Waals surface area (Å²) in [5.41, 5.74) is 5.43. The largest absolute Gasteiger partial charge is 0.344 e. The summed E-state index contributed by atoms with van der Waals surface area (Å²) in [7, 11) is 0. The molecule has 4 rings (SSSR count). The number of nitrogens with zero attached hydrogens (tertiary/aromatic N) is 4. The second kappa shape index (κ2) is 5.06. The molecule has 0 radical (unpaired) electrons. The second-order valence-electron chi connectivity index (χ2n) is 5.77. The van der Waals surface area contributed by atoms with Gasteiger partial charge in [0.2, 0.25) is 0 Å². The lowest BCUT2D eigenvalue weighted by Crippen LogP contribution is -2.08. The van der Waals surface area contributed by atoms with Crippen LogP contribution in [0.1, 0.15) is 34.0 Å². The third-order valence-corrected chi connectivity index (χ3v) is 4.58. The van der Waals surface area contributed by atoms with E-state index in [1.54, 1.807) is 0 Å². The molecule has 0 unspecified atom stereocenters. The first kappa shape index (κ1) is 14.2. The average molecular weight is 326 g/mol. The number of nitrogens with one attached hydrogen (secondary N) is 1. The van der Waals surface area contributed by atoms with Gasteiger partial charge in [-0.3, -0.25) is 9.56 Å². The summed E-state index contributed by atoms with van der Waals surface area (Å²) in [5.74, 6) is 2.69. The van der Waals surface area contributed by atoms with Gasteiger partial charge in [0.05, 0.1) is 5.71 Å². The zero-order valence-electron chi connectivity index (χ0n) is 13.2. The van der Waals surface area contributed by atoms with Gasteiger partial charge in [-0.15, -0.1) is 10.2 Å². The summed E-state index contributed by atoms with van der Waals surface area (Å²) < 4.78 is 2.06. The fourth-order valence-electron chi connectivity index (χ4n) is 3.03. The molecule has 0 saturated heterocycles. The SMILES string of the molecule is Cc1[nH]c2c(c1C)C(c1ccc(Cl)cc1)=NCc1nnc(C)n1-2. The minimum absolute atomic E-state index is 0.500. The minimum Gasteiger partial charge on any atom is -0.344 e. The van der Waals surface area contributed by atoms with E-state index in [9.17, 15) is 0 Å². The maximum Gasteiger partial charge on any atom is 0.160 e. The van der Waals surface area contributed by atoms with Gasteiger partial charge in [0.15, 0.2) is 5.82 Å². The first-order chi connectivity index (χ1) is 11.1. The van der Waals surface area contributed by atoms with Crippen molar-refractivity contribution in [3.8, 4) is 5.82 Å². The monoisotopic (exact) mass is 325 g/mol. The van der Waals surface area contributed by atoms with Crippen molar-refractivity contribution in [2.75, 3.05) is 0 Å². The van der Waals surface area contributed by atoms with Crippen LogP contribution in [0.5, 0.6) is 0 Å². The van der Waals surface area contributed by atoms with Crippen LogP contribution in [0.25, 0.3) is 5.82 Å². The minimum atomic E-state index is 0.500. The molecule has 1 aliphatic heterocycles. The number of aromatic amines is 1. The van der Waals surface area contributed by atoms with Gasteiger partial charge < -0.3 is 4.98 Å². The Morgan fingerprint density at radius 3 is 2.57 bits per heavy atom. The number of benzene rings is 1. The number of aliphatic imine (C=N–C) groups is 1. The highest BCUT2D eigenvalue weighted by Gasteiger charge is 2.25. The van der Waals surface area contributed by atoms with Crippen LogP contribution in [0.2, 0.25) is 5.02 Å². The molecular weight excluding hydrogens is 310 g/mol. The van der Waals surface area contributed by atoms with E-state index >= 15 is 0 Å². The molecule has 0 fully saturated rings. The zero-order valence-corrected chi connectivity index (χ0v) is 13.9. The van der Waals surface area contributed by atoms with E-state index in [0.717, 1.165) is 45.0 Å². The standard InChI is InChI=1S/C17H16ClN5/c1-9-10(2)20-17-15(9)16(12-4-6-13(18)7-5-12)19-8-14-22-21-11(3)23(14)17/h4-7,20H,8H2,1-3H3.